The fraction of sp³-hybridized carbons (Fsp3) is 0.115. The standard InChI is InChI=1S/C26H18ClF5N4O/c27-19-4-5-23(34-15-19)25(14-16-6-8-33-9-7-16,17-10-18(26(30,31)32)12-21(29)11-17)36-24(37)35-22-3-1-2-20(28)13-22/h1-13,15H,14H2,(H2,35,36,37)/t25-/m0/s1. The smallest absolute Gasteiger partial charge is 0.322 e. The second kappa shape index (κ2) is 10.5. The van der Waals surface area contributed by atoms with Gasteiger partial charge in [-0.3, -0.25) is 9.97 Å². The van der Waals surface area contributed by atoms with E-state index >= 15 is 0 Å². The Labute approximate surface area is 213 Å². The maximum atomic E-state index is 14.6. The normalized spacial score (nSPS) is 13.0. The average Bonchev–Trinajstić information content (AvgIpc) is 2.84. The van der Waals surface area contributed by atoms with E-state index in [2.05, 4.69) is 20.6 Å². The molecular weight excluding hydrogens is 515 g/mol. The first kappa shape index (κ1) is 26.0. The summed E-state index contributed by atoms with van der Waals surface area (Å²) in [6.45, 7) is 0. The predicted molar refractivity (Wildman–Crippen MR) is 128 cm³/mol. The number of nitrogens with zero attached hydrogens (tertiary/aromatic N) is 2. The zero-order chi connectivity index (χ0) is 26.6. The molecule has 0 aliphatic heterocycles. The summed E-state index contributed by atoms with van der Waals surface area (Å²) in [6, 6.07) is 12.2. The molecule has 2 aromatic carbocycles. The summed E-state index contributed by atoms with van der Waals surface area (Å²) >= 11 is 5.99. The topological polar surface area (TPSA) is 66.9 Å². The molecule has 0 saturated carbocycles. The van der Waals surface area contributed by atoms with Crippen LogP contribution in [0, 0.1) is 11.6 Å². The molecule has 1 atom stereocenters. The van der Waals surface area contributed by atoms with Crippen LogP contribution in [0.15, 0.2) is 85.3 Å². The maximum Gasteiger partial charge on any atom is 0.416 e. The molecule has 0 unspecified atom stereocenters. The third kappa shape index (κ3) is 6.21. The molecule has 11 heteroatoms. The first-order chi connectivity index (χ1) is 17.5. The summed E-state index contributed by atoms with van der Waals surface area (Å²) in [5.41, 5.74) is -2.55. The molecule has 190 valence electrons. The lowest BCUT2D eigenvalue weighted by Gasteiger charge is -2.36. The Morgan fingerprint density at radius 3 is 2.27 bits per heavy atom. The van der Waals surface area contributed by atoms with Crippen molar-refractivity contribution in [3.63, 3.8) is 0 Å². The Morgan fingerprint density at radius 2 is 1.62 bits per heavy atom. The summed E-state index contributed by atoms with van der Waals surface area (Å²) in [5, 5.41) is 5.37. The molecule has 0 fully saturated rings. The molecule has 4 aromatic rings. The highest BCUT2D eigenvalue weighted by Crippen LogP contribution is 2.38. The van der Waals surface area contributed by atoms with Crippen molar-refractivity contribution in [3.05, 3.63) is 124 Å². The number of anilines is 1. The van der Waals surface area contributed by atoms with E-state index < -0.39 is 34.9 Å². The van der Waals surface area contributed by atoms with Crippen LogP contribution in [0.25, 0.3) is 0 Å². The zero-order valence-corrected chi connectivity index (χ0v) is 19.6. The molecule has 0 aliphatic carbocycles. The minimum absolute atomic E-state index is 0.0850. The van der Waals surface area contributed by atoms with Crippen molar-refractivity contribution < 1.29 is 26.7 Å². The molecule has 0 aliphatic rings. The van der Waals surface area contributed by atoms with Crippen LogP contribution in [-0.2, 0) is 18.1 Å². The number of amides is 2. The third-order valence-corrected chi connectivity index (χ3v) is 5.73. The van der Waals surface area contributed by atoms with Crippen molar-refractivity contribution >= 4 is 23.3 Å². The zero-order valence-electron chi connectivity index (χ0n) is 18.9. The van der Waals surface area contributed by atoms with E-state index in [1.165, 1.54) is 48.9 Å². The van der Waals surface area contributed by atoms with E-state index in [4.69, 9.17) is 11.6 Å². The highest BCUT2D eigenvalue weighted by atomic mass is 35.5. The van der Waals surface area contributed by atoms with Crippen LogP contribution in [0.5, 0.6) is 0 Å². The van der Waals surface area contributed by atoms with E-state index in [0.29, 0.717) is 11.6 Å². The van der Waals surface area contributed by atoms with Crippen molar-refractivity contribution in [2.24, 2.45) is 0 Å². The monoisotopic (exact) mass is 532 g/mol. The molecule has 2 heterocycles. The van der Waals surface area contributed by atoms with E-state index in [0.717, 1.165) is 18.2 Å². The molecule has 0 bridgehead atoms. The average molecular weight is 533 g/mol. The first-order valence-electron chi connectivity index (χ1n) is 10.8. The summed E-state index contributed by atoms with van der Waals surface area (Å²) < 4.78 is 69.3. The number of carbonyl (C=O) groups excluding carboxylic acids is 1. The Bertz CT molecular complexity index is 1400. The number of hydrogen-bond acceptors (Lipinski definition) is 3. The van der Waals surface area contributed by atoms with Gasteiger partial charge in [-0.1, -0.05) is 17.7 Å². The van der Waals surface area contributed by atoms with Crippen LogP contribution >= 0.6 is 11.6 Å². The summed E-state index contributed by atoms with van der Waals surface area (Å²) in [7, 11) is 0. The van der Waals surface area contributed by atoms with E-state index in [1.54, 1.807) is 12.1 Å². The lowest BCUT2D eigenvalue weighted by Crippen LogP contribution is -2.50. The van der Waals surface area contributed by atoms with Gasteiger partial charge in [0.2, 0.25) is 0 Å². The molecule has 2 N–H and O–H groups in total. The minimum atomic E-state index is -4.86. The molecule has 0 spiro atoms. The quantitative estimate of drug-likeness (QED) is 0.270. The number of nitrogens with one attached hydrogen (secondary N) is 2. The fourth-order valence-corrected chi connectivity index (χ4v) is 3.99. The van der Waals surface area contributed by atoms with Crippen LogP contribution in [0.2, 0.25) is 5.02 Å². The third-order valence-electron chi connectivity index (χ3n) is 5.51. The summed E-state index contributed by atoms with van der Waals surface area (Å²) in [4.78, 5) is 21.4. The van der Waals surface area contributed by atoms with Gasteiger partial charge in [0.1, 0.15) is 17.2 Å². The van der Waals surface area contributed by atoms with Crippen molar-refractivity contribution in [2.45, 2.75) is 18.1 Å². The second-order valence-electron chi connectivity index (χ2n) is 8.12. The number of urea groups is 1. The lowest BCUT2D eigenvalue weighted by molar-refractivity contribution is -0.137. The van der Waals surface area contributed by atoms with Gasteiger partial charge in [0, 0.05) is 30.7 Å². The molecule has 4 rings (SSSR count). The number of hydrogen-bond donors (Lipinski definition) is 2. The van der Waals surface area contributed by atoms with E-state index in [1.807, 2.05) is 0 Å². The number of rotatable bonds is 6. The van der Waals surface area contributed by atoms with Crippen molar-refractivity contribution in [3.8, 4) is 0 Å². The van der Waals surface area contributed by atoms with Crippen molar-refractivity contribution in [2.75, 3.05) is 5.32 Å². The highest BCUT2D eigenvalue weighted by Gasteiger charge is 2.41. The molecule has 0 saturated heterocycles. The largest absolute Gasteiger partial charge is 0.416 e. The number of carbonyl (C=O) groups is 1. The molecular formula is C26H18ClF5N4O. The SMILES string of the molecule is O=C(Nc1cccc(F)c1)N[C@@](Cc1ccncc1)(c1cc(F)cc(C(F)(F)F)c1)c1ccc(Cl)cn1. The van der Waals surface area contributed by atoms with Crippen LogP contribution in [-0.4, -0.2) is 16.0 Å². The lowest BCUT2D eigenvalue weighted by atomic mass is 9.80. The summed E-state index contributed by atoms with van der Waals surface area (Å²) in [5.74, 6) is -1.77. The van der Waals surface area contributed by atoms with Crippen molar-refractivity contribution in [1.82, 2.24) is 15.3 Å². The highest BCUT2D eigenvalue weighted by molar-refractivity contribution is 6.30. The van der Waals surface area contributed by atoms with Crippen LogP contribution < -0.4 is 10.6 Å². The van der Waals surface area contributed by atoms with Gasteiger partial charge in [0.25, 0.3) is 0 Å². The molecule has 5 nitrogen and oxygen atoms in total. The van der Waals surface area contributed by atoms with Gasteiger partial charge in [0.05, 0.1) is 16.3 Å². The fourth-order valence-electron chi connectivity index (χ4n) is 3.88. The Balaban J connectivity index is 1.91. The molecule has 2 aromatic heterocycles. The Morgan fingerprint density at radius 1 is 0.892 bits per heavy atom. The van der Waals surface area contributed by atoms with Gasteiger partial charge >= 0.3 is 12.2 Å². The maximum absolute atomic E-state index is 14.6. The van der Waals surface area contributed by atoms with Gasteiger partial charge < -0.3 is 10.6 Å². The molecule has 37 heavy (non-hydrogen) atoms. The molecule has 2 amide bonds. The van der Waals surface area contributed by atoms with E-state index in [-0.39, 0.29) is 28.4 Å². The van der Waals surface area contributed by atoms with Crippen molar-refractivity contribution in [1.29, 1.82) is 0 Å². The second-order valence-corrected chi connectivity index (χ2v) is 8.55. The number of alkyl halides is 3. The summed E-state index contributed by atoms with van der Waals surface area (Å²) in [6.07, 6.45) is -0.809. The van der Waals surface area contributed by atoms with Crippen LogP contribution in [0.3, 0.4) is 0 Å². The molecule has 0 radical (unpaired) electrons. The predicted octanol–water partition coefficient (Wildman–Crippen LogP) is 6.74. The number of halogens is 6. The minimum Gasteiger partial charge on any atom is -0.322 e. The van der Waals surface area contributed by atoms with Gasteiger partial charge in [-0.25, -0.2) is 13.6 Å². The first-order valence-corrected chi connectivity index (χ1v) is 11.2. The van der Waals surface area contributed by atoms with Gasteiger partial charge in [-0.05, 0) is 71.8 Å². The van der Waals surface area contributed by atoms with Gasteiger partial charge in [-0.15, -0.1) is 0 Å². The van der Waals surface area contributed by atoms with Crippen LogP contribution in [0.4, 0.5) is 32.4 Å². The van der Waals surface area contributed by atoms with E-state index in [9.17, 15) is 26.7 Å². The van der Waals surface area contributed by atoms with Gasteiger partial charge in [0.15, 0.2) is 0 Å². The van der Waals surface area contributed by atoms with Crippen LogP contribution in [0.1, 0.15) is 22.4 Å². The Hall–Kier alpha value is -4.05. The number of pyridine rings is 2. The number of aromatic nitrogens is 2. The Kier molecular flexibility index (Phi) is 7.40. The number of benzene rings is 2. The van der Waals surface area contributed by atoms with Gasteiger partial charge in [-0.2, -0.15) is 13.2 Å².